The van der Waals surface area contributed by atoms with E-state index in [1.165, 1.54) is 6.07 Å². The van der Waals surface area contributed by atoms with Gasteiger partial charge in [-0.05, 0) is 24.6 Å². The van der Waals surface area contributed by atoms with Gasteiger partial charge >= 0.3 is 6.03 Å². The lowest BCUT2D eigenvalue weighted by Gasteiger charge is -2.31. The van der Waals surface area contributed by atoms with Crippen LogP contribution in [0.1, 0.15) is 19.8 Å². The van der Waals surface area contributed by atoms with Gasteiger partial charge in [-0.25, -0.2) is 9.69 Å². The van der Waals surface area contributed by atoms with Gasteiger partial charge in [-0.2, -0.15) is 0 Å². The molecule has 96 valence electrons. The molecule has 0 aromatic heterocycles. The summed E-state index contributed by atoms with van der Waals surface area (Å²) in [6, 6.07) is 4.11. The second-order valence-corrected chi connectivity index (χ2v) is 4.93. The van der Waals surface area contributed by atoms with E-state index in [0.717, 1.165) is 4.90 Å². The molecule has 1 aromatic carbocycles. The lowest BCUT2D eigenvalue weighted by Crippen LogP contribution is -2.54. The third-order valence-corrected chi connectivity index (χ3v) is 3.40. The lowest BCUT2D eigenvalue weighted by atomic mass is 10.1. The Kier molecular flexibility index (Phi) is 3.78. The minimum absolute atomic E-state index is 0.112. The van der Waals surface area contributed by atoms with Gasteiger partial charge in [-0.15, -0.1) is 0 Å². The Labute approximate surface area is 115 Å². The monoisotopic (exact) mass is 286 g/mol. The van der Waals surface area contributed by atoms with Crippen molar-refractivity contribution < 1.29 is 9.59 Å². The predicted octanol–water partition coefficient (Wildman–Crippen LogP) is 3.22. The van der Waals surface area contributed by atoms with Gasteiger partial charge in [0.2, 0.25) is 5.91 Å². The van der Waals surface area contributed by atoms with Crippen molar-refractivity contribution in [3.05, 3.63) is 28.2 Å². The largest absolute Gasteiger partial charge is 0.334 e. The highest BCUT2D eigenvalue weighted by molar-refractivity contribution is 6.37. The van der Waals surface area contributed by atoms with E-state index >= 15 is 0 Å². The van der Waals surface area contributed by atoms with Crippen LogP contribution >= 0.6 is 23.2 Å². The maximum atomic E-state index is 12.0. The van der Waals surface area contributed by atoms with Crippen molar-refractivity contribution in [2.24, 2.45) is 0 Å². The van der Waals surface area contributed by atoms with Crippen LogP contribution in [0.3, 0.4) is 0 Å². The van der Waals surface area contributed by atoms with Crippen LogP contribution in [0.2, 0.25) is 10.0 Å². The fraction of sp³-hybridized carbons (Fsp3) is 0.333. The lowest BCUT2D eigenvalue weighted by molar-refractivity contribution is -0.119. The van der Waals surface area contributed by atoms with Crippen LogP contribution in [0.5, 0.6) is 0 Å². The standard InChI is InChI=1S/C12H12Cl2N2O2/c1-2-8-6-11(17)16(12(18)15-8)10-5-7(13)3-4-9(10)14/h3-5,8H,2,6H2,1H3,(H,15,18). The topological polar surface area (TPSA) is 49.4 Å². The van der Waals surface area contributed by atoms with Gasteiger partial charge in [0.25, 0.3) is 0 Å². The van der Waals surface area contributed by atoms with E-state index in [2.05, 4.69) is 5.32 Å². The molecule has 4 nitrogen and oxygen atoms in total. The molecular weight excluding hydrogens is 275 g/mol. The molecule has 1 heterocycles. The number of hydrogen-bond donors (Lipinski definition) is 1. The van der Waals surface area contributed by atoms with Crippen LogP contribution in [0.25, 0.3) is 0 Å². The molecule has 1 atom stereocenters. The first-order valence-corrected chi connectivity index (χ1v) is 6.37. The highest BCUT2D eigenvalue weighted by Gasteiger charge is 2.33. The average molecular weight is 287 g/mol. The Morgan fingerprint density at radius 2 is 2.11 bits per heavy atom. The van der Waals surface area contributed by atoms with Crippen LogP contribution in [0, 0.1) is 0 Å². The summed E-state index contributed by atoms with van der Waals surface area (Å²) in [7, 11) is 0. The zero-order valence-corrected chi connectivity index (χ0v) is 11.3. The van der Waals surface area contributed by atoms with Gasteiger partial charge in [0.15, 0.2) is 0 Å². The third-order valence-electron chi connectivity index (χ3n) is 2.84. The Morgan fingerprint density at radius 1 is 1.39 bits per heavy atom. The number of nitrogens with one attached hydrogen (secondary N) is 1. The Balaban J connectivity index is 2.35. The Morgan fingerprint density at radius 3 is 2.72 bits per heavy atom. The molecule has 2 rings (SSSR count). The predicted molar refractivity (Wildman–Crippen MR) is 71.2 cm³/mol. The van der Waals surface area contributed by atoms with Gasteiger partial charge < -0.3 is 5.32 Å². The molecule has 3 amide bonds. The molecule has 0 spiro atoms. The SMILES string of the molecule is CCC1CC(=O)N(c2cc(Cl)ccc2Cl)C(=O)N1. The van der Waals surface area contributed by atoms with Gasteiger partial charge in [-0.1, -0.05) is 30.1 Å². The van der Waals surface area contributed by atoms with Crippen molar-refractivity contribution in [2.75, 3.05) is 4.90 Å². The maximum absolute atomic E-state index is 12.0. The number of nitrogens with zero attached hydrogens (tertiary/aromatic N) is 1. The van der Waals surface area contributed by atoms with Crippen LogP contribution < -0.4 is 10.2 Å². The summed E-state index contributed by atoms with van der Waals surface area (Å²) < 4.78 is 0. The highest BCUT2D eigenvalue weighted by atomic mass is 35.5. The summed E-state index contributed by atoms with van der Waals surface area (Å²) in [5, 5.41) is 3.50. The van der Waals surface area contributed by atoms with Crippen LogP contribution in [0.4, 0.5) is 10.5 Å². The van der Waals surface area contributed by atoms with E-state index in [9.17, 15) is 9.59 Å². The minimum atomic E-state index is -0.456. The van der Waals surface area contributed by atoms with Crippen molar-refractivity contribution >= 4 is 40.8 Å². The summed E-state index contributed by atoms with van der Waals surface area (Å²) in [6.45, 7) is 1.92. The molecule has 0 radical (unpaired) electrons. The molecule has 1 aliphatic rings. The van der Waals surface area contributed by atoms with Crippen molar-refractivity contribution in [3.8, 4) is 0 Å². The smallest absolute Gasteiger partial charge is 0.329 e. The van der Waals surface area contributed by atoms with Crippen LogP contribution in [-0.2, 0) is 4.79 Å². The zero-order valence-electron chi connectivity index (χ0n) is 9.74. The van der Waals surface area contributed by atoms with Crippen molar-refractivity contribution in [1.29, 1.82) is 0 Å². The molecule has 1 saturated heterocycles. The number of hydrogen-bond acceptors (Lipinski definition) is 2. The second-order valence-electron chi connectivity index (χ2n) is 4.08. The summed E-state index contributed by atoms with van der Waals surface area (Å²) in [5.74, 6) is -0.269. The molecule has 1 N–H and O–H groups in total. The molecular formula is C12H12Cl2N2O2. The van der Waals surface area contributed by atoms with Crippen molar-refractivity contribution in [2.45, 2.75) is 25.8 Å². The summed E-state index contributed by atoms with van der Waals surface area (Å²) in [4.78, 5) is 25.0. The first-order valence-electron chi connectivity index (χ1n) is 5.61. The van der Waals surface area contributed by atoms with Gasteiger partial charge in [0.1, 0.15) is 0 Å². The van der Waals surface area contributed by atoms with E-state index in [4.69, 9.17) is 23.2 Å². The highest BCUT2D eigenvalue weighted by Crippen LogP contribution is 2.31. The van der Waals surface area contributed by atoms with Gasteiger partial charge in [-0.3, -0.25) is 4.79 Å². The number of anilines is 1. The summed E-state index contributed by atoms with van der Waals surface area (Å²) in [6.07, 6.45) is 0.986. The van der Waals surface area contributed by atoms with Crippen LogP contribution in [0.15, 0.2) is 18.2 Å². The Hall–Kier alpha value is -1.26. The number of halogens is 2. The molecule has 6 heteroatoms. The van der Waals surface area contributed by atoms with E-state index in [1.807, 2.05) is 6.92 Å². The number of rotatable bonds is 2. The number of benzene rings is 1. The van der Waals surface area contributed by atoms with Crippen LogP contribution in [-0.4, -0.2) is 18.0 Å². The summed E-state index contributed by atoms with van der Waals surface area (Å²) in [5.41, 5.74) is 0.321. The number of imide groups is 1. The van der Waals surface area contributed by atoms with E-state index in [1.54, 1.807) is 12.1 Å². The molecule has 1 aromatic rings. The summed E-state index contributed by atoms with van der Waals surface area (Å²) >= 11 is 11.9. The second kappa shape index (κ2) is 5.16. The van der Waals surface area contributed by atoms with Gasteiger partial charge in [0.05, 0.1) is 10.7 Å². The van der Waals surface area contributed by atoms with E-state index < -0.39 is 6.03 Å². The quantitative estimate of drug-likeness (QED) is 0.908. The minimum Gasteiger partial charge on any atom is -0.334 e. The first-order chi connectivity index (χ1) is 8.52. The van der Waals surface area contributed by atoms with E-state index in [0.29, 0.717) is 22.2 Å². The molecule has 0 bridgehead atoms. The fourth-order valence-corrected chi connectivity index (χ4v) is 2.22. The number of amides is 3. The zero-order chi connectivity index (χ0) is 13.3. The number of urea groups is 1. The maximum Gasteiger partial charge on any atom is 0.329 e. The molecule has 0 aliphatic carbocycles. The number of carbonyl (C=O) groups is 2. The van der Waals surface area contributed by atoms with Crippen molar-refractivity contribution in [3.63, 3.8) is 0 Å². The average Bonchev–Trinajstić information content (AvgIpc) is 2.32. The molecule has 18 heavy (non-hydrogen) atoms. The number of carbonyl (C=O) groups excluding carboxylic acids is 2. The molecule has 1 unspecified atom stereocenters. The normalized spacial score (nSPS) is 19.9. The van der Waals surface area contributed by atoms with E-state index in [-0.39, 0.29) is 18.4 Å². The first kappa shape index (κ1) is 13.2. The third kappa shape index (κ3) is 2.44. The molecule has 1 fully saturated rings. The molecule has 0 saturated carbocycles. The van der Waals surface area contributed by atoms with Crippen molar-refractivity contribution in [1.82, 2.24) is 5.32 Å². The molecule has 1 aliphatic heterocycles. The fourth-order valence-electron chi connectivity index (χ4n) is 1.85. The van der Waals surface area contributed by atoms with Gasteiger partial charge in [0, 0.05) is 17.5 Å². The Bertz CT molecular complexity index is 487.